The number of carbonyl (C=O) groups excluding carboxylic acids is 1. The number of aromatic nitrogens is 2. The normalized spacial score (nSPS) is 18.8. The number of nitrogens with two attached hydrogens (primary N) is 1. The van der Waals surface area contributed by atoms with Crippen molar-refractivity contribution in [1.29, 1.82) is 5.26 Å². The van der Waals surface area contributed by atoms with E-state index >= 15 is 0 Å². The number of nitrogens with zero attached hydrogens (tertiary/aromatic N) is 4. The quantitative estimate of drug-likeness (QED) is 0.826. The predicted octanol–water partition coefficient (Wildman–Crippen LogP) is 2.07. The van der Waals surface area contributed by atoms with E-state index in [9.17, 15) is 9.90 Å². The lowest BCUT2D eigenvalue weighted by Gasteiger charge is -2.23. The molecule has 0 aliphatic carbocycles. The second-order valence-corrected chi connectivity index (χ2v) is 6.51. The molecule has 3 N–H and O–H groups in total. The number of anilines is 2. The van der Waals surface area contributed by atoms with Gasteiger partial charge in [-0.15, -0.1) is 0 Å². The number of nitrogen functional groups attached to an aromatic ring is 1. The molecule has 1 aliphatic heterocycles. The van der Waals surface area contributed by atoms with Crippen molar-refractivity contribution in [2.75, 3.05) is 17.2 Å². The highest BCUT2D eigenvalue weighted by atomic mass is 16.3. The summed E-state index contributed by atoms with van der Waals surface area (Å²) in [5.74, 6) is -0.178. The first-order chi connectivity index (χ1) is 12.5. The highest BCUT2D eigenvalue weighted by molar-refractivity contribution is 6.09. The molecule has 2 heterocycles. The minimum atomic E-state index is -1.86. The van der Waals surface area contributed by atoms with E-state index in [0.717, 1.165) is 12.8 Å². The number of para-hydroxylation sites is 1. The lowest BCUT2D eigenvalue weighted by molar-refractivity contribution is -0.132. The van der Waals surface area contributed by atoms with E-state index in [2.05, 4.69) is 18.1 Å². The number of fused-ring (bicyclic) bond motifs is 1. The maximum absolute atomic E-state index is 13.2. The third kappa shape index (κ3) is 2.54. The Morgan fingerprint density at radius 2 is 2.08 bits per heavy atom. The number of aryl methyl sites for hydroxylation is 2. The van der Waals surface area contributed by atoms with Crippen molar-refractivity contribution in [2.45, 2.75) is 45.3 Å². The van der Waals surface area contributed by atoms with Crippen LogP contribution in [0.4, 0.5) is 11.5 Å². The number of benzene rings is 1. The molecule has 0 bridgehead atoms. The minimum Gasteiger partial charge on any atom is -0.384 e. The average molecular weight is 353 g/mol. The molecular weight excluding hydrogens is 330 g/mol. The monoisotopic (exact) mass is 353 g/mol. The van der Waals surface area contributed by atoms with Gasteiger partial charge >= 0.3 is 0 Å². The lowest BCUT2D eigenvalue weighted by Crippen LogP contribution is -2.42. The Bertz CT molecular complexity index is 883. The van der Waals surface area contributed by atoms with E-state index in [1.54, 1.807) is 24.0 Å². The molecule has 26 heavy (non-hydrogen) atoms. The Balaban J connectivity index is 2.14. The second kappa shape index (κ2) is 6.81. The van der Waals surface area contributed by atoms with Crippen LogP contribution in [0.2, 0.25) is 0 Å². The van der Waals surface area contributed by atoms with Gasteiger partial charge in [-0.05, 0) is 19.4 Å². The Morgan fingerprint density at radius 1 is 1.35 bits per heavy atom. The van der Waals surface area contributed by atoms with Gasteiger partial charge in [-0.25, -0.2) is 4.68 Å². The molecule has 1 amide bonds. The van der Waals surface area contributed by atoms with Crippen molar-refractivity contribution < 1.29 is 9.90 Å². The van der Waals surface area contributed by atoms with Crippen LogP contribution < -0.4 is 10.6 Å². The Kier molecular flexibility index (Phi) is 4.70. The molecule has 1 aliphatic rings. The SMILES string of the molecule is CCCCN1C(=O)C(O)(c2c(C)nn(CCC#N)c2N)c2ccccc21. The van der Waals surface area contributed by atoms with Crippen LogP contribution in [-0.2, 0) is 16.9 Å². The van der Waals surface area contributed by atoms with Gasteiger partial charge < -0.3 is 15.7 Å². The van der Waals surface area contributed by atoms with Crippen molar-refractivity contribution in [1.82, 2.24) is 9.78 Å². The molecule has 3 rings (SSSR count). The molecule has 0 saturated heterocycles. The van der Waals surface area contributed by atoms with Crippen molar-refractivity contribution in [3.8, 4) is 6.07 Å². The summed E-state index contributed by atoms with van der Waals surface area (Å²) in [6, 6.07) is 9.29. The van der Waals surface area contributed by atoms with E-state index in [4.69, 9.17) is 11.0 Å². The van der Waals surface area contributed by atoms with Gasteiger partial charge in [-0.1, -0.05) is 31.5 Å². The smallest absolute Gasteiger partial charge is 0.268 e. The van der Waals surface area contributed by atoms with Gasteiger partial charge in [0.25, 0.3) is 5.91 Å². The van der Waals surface area contributed by atoms with Crippen molar-refractivity contribution in [2.24, 2.45) is 0 Å². The number of hydrogen-bond acceptors (Lipinski definition) is 5. The summed E-state index contributed by atoms with van der Waals surface area (Å²) in [5, 5.41) is 24.7. The number of nitriles is 1. The number of hydrogen-bond donors (Lipinski definition) is 2. The molecule has 136 valence electrons. The number of unbranched alkanes of at least 4 members (excludes halogenated alkanes) is 1. The van der Waals surface area contributed by atoms with E-state index in [-0.39, 0.29) is 12.2 Å². The van der Waals surface area contributed by atoms with Gasteiger partial charge in [-0.3, -0.25) is 4.79 Å². The van der Waals surface area contributed by atoms with Crippen molar-refractivity contribution >= 4 is 17.4 Å². The zero-order chi connectivity index (χ0) is 18.9. The third-order valence-electron chi connectivity index (χ3n) is 4.84. The summed E-state index contributed by atoms with van der Waals surface area (Å²) >= 11 is 0. The maximum Gasteiger partial charge on any atom is 0.268 e. The van der Waals surface area contributed by atoms with Gasteiger partial charge in [0.2, 0.25) is 5.60 Å². The van der Waals surface area contributed by atoms with Crippen LogP contribution in [0.3, 0.4) is 0 Å². The molecule has 7 heteroatoms. The zero-order valence-electron chi connectivity index (χ0n) is 15.1. The van der Waals surface area contributed by atoms with Crippen molar-refractivity contribution in [3.63, 3.8) is 0 Å². The third-order valence-corrected chi connectivity index (χ3v) is 4.84. The minimum absolute atomic E-state index is 0.223. The van der Waals surface area contributed by atoms with Gasteiger partial charge in [0.05, 0.1) is 36.0 Å². The summed E-state index contributed by atoms with van der Waals surface area (Å²) in [4.78, 5) is 14.9. The van der Waals surface area contributed by atoms with Crippen LogP contribution in [0.15, 0.2) is 24.3 Å². The van der Waals surface area contributed by atoms with E-state index in [0.29, 0.717) is 35.6 Å². The Hall–Kier alpha value is -2.85. The Morgan fingerprint density at radius 3 is 2.77 bits per heavy atom. The van der Waals surface area contributed by atoms with Crippen LogP contribution >= 0.6 is 0 Å². The first-order valence-corrected chi connectivity index (χ1v) is 8.80. The molecule has 0 fully saturated rings. The Labute approximate surface area is 152 Å². The number of aliphatic hydroxyl groups is 1. The summed E-state index contributed by atoms with van der Waals surface area (Å²) in [6.07, 6.45) is 2.03. The van der Waals surface area contributed by atoms with Crippen LogP contribution in [0.1, 0.15) is 43.0 Å². The van der Waals surface area contributed by atoms with Gasteiger partial charge in [-0.2, -0.15) is 10.4 Å². The van der Waals surface area contributed by atoms with Crippen LogP contribution in [0.5, 0.6) is 0 Å². The highest BCUT2D eigenvalue weighted by Crippen LogP contribution is 2.47. The van der Waals surface area contributed by atoms with E-state index in [1.807, 2.05) is 12.1 Å². The standard InChI is InChI=1S/C19H23N5O2/c1-3-4-11-23-15-9-6-5-8-14(15)19(26,18(23)25)16-13(2)22-24(17(16)21)12-7-10-20/h5-6,8-9,26H,3-4,7,11-12,21H2,1-2H3. The fourth-order valence-electron chi connectivity index (χ4n) is 3.59. The lowest BCUT2D eigenvalue weighted by atomic mass is 9.87. The predicted molar refractivity (Wildman–Crippen MR) is 98.3 cm³/mol. The molecule has 2 aromatic rings. The molecule has 0 saturated carbocycles. The molecule has 7 nitrogen and oxygen atoms in total. The summed E-state index contributed by atoms with van der Waals surface area (Å²) in [5.41, 5.74) is 6.41. The van der Waals surface area contributed by atoms with Crippen LogP contribution in [0, 0.1) is 18.3 Å². The average Bonchev–Trinajstić information content (AvgIpc) is 3.04. The fraction of sp³-hybridized carbons (Fsp3) is 0.421. The molecule has 1 unspecified atom stereocenters. The van der Waals surface area contributed by atoms with Crippen molar-refractivity contribution in [3.05, 3.63) is 41.1 Å². The largest absolute Gasteiger partial charge is 0.384 e. The molecule has 0 radical (unpaired) electrons. The summed E-state index contributed by atoms with van der Waals surface area (Å²) < 4.78 is 1.48. The number of amides is 1. The second-order valence-electron chi connectivity index (χ2n) is 6.51. The van der Waals surface area contributed by atoms with Crippen LogP contribution in [0.25, 0.3) is 0 Å². The van der Waals surface area contributed by atoms with E-state index in [1.165, 1.54) is 4.68 Å². The van der Waals surface area contributed by atoms with Crippen LogP contribution in [-0.4, -0.2) is 27.3 Å². The van der Waals surface area contributed by atoms with Gasteiger partial charge in [0, 0.05) is 12.1 Å². The molecule has 1 atom stereocenters. The fourth-order valence-corrected chi connectivity index (χ4v) is 3.59. The molecular formula is C19H23N5O2. The first kappa shape index (κ1) is 18.0. The zero-order valence-corrected chi connectivity index (χ0v) is 15.1. The summed E-state index contributed by atoms with van der Waals surface area (Å²) in [7, 11) is 0. The molecule has 0 spiro atoms. The topological polar surface area (TPSA) is 108 Å². The molecule has 1 aromatic carbocycles. The van der Waals surface area contributed by atoms with E-state index < -0.39 is 11.5 Å². The molecule has 1 aromatic heterocycles. The highest BCUT2D eigenvalue weighted by Gasteiger charge is 2.53. The summed E-state index contributed by atoms with van der Waals surface area (Å²) in [6.45, 7) is 4.63. The number of rotatable bonds is 6. The first-order valence-electron chi connectivity index (χ1n) is 8.80. The maximum atomic E-state index is 13.2. The number of carbonyl (C=O) groups is 1. The van der Waals surface area contributed by atoms with Gasteiger partial charge in [0.1, 0.15) is 5.82 Å². The van der Waals surface area contributed by atoms with Gasteiger partial charge in [0.15, 0.2) is 0 Å².